The molecular weight excluding hydrogens is 555 g/mol. The van der Waals surface area contributed by atoms with Crippen molar-refractivity contribution in [2.24, 2.45) is 0 Å². The first-order chi connectivity index (χ1) is 14.9. The van der Waals surface area contributed by atoms with Crippen LogP contribution in [0.1, 0.15) is 10.6 Å². The monoisotopic (exact) mass is 571 g/mol. The van der Waals surface area contributed by atoms with Crippen LogP contribution in [-0.4, -0.2) is 43.1 Å². The number of nitrogens with one attached hydrogen (secondary N) is 1. The minimum atomic E-state index is -4.41. The van der Waals surface area contributed by atoms with Crippen LogP contribution in [0.5, 0.6) is 0 Å². The van der Waals surface area contributed by atoms with E-state index in [1.807, 2.05) is 0 Å². The number of benzene rings is 1. The molecule has 2 aliphatic heterocycles. The van der Waals surface area contributed by atoms with Gasteiger partial charge < -0.3 is 4.74 Å². The molecule has 174 valence electrons. The van der Waals surface area contributed by atoms with E-state index in [-0.39, 0.29) is 28.8 Å². The summed E-state index contributed by atoms with van der Waals surface area (Å²) in [5.41, 5.74) is 0.191. The first kappa shape index (κ1) is 25.0. The van der Waals surface area contributed by atoms with Crippen molar-refractivity contribution in [1.82, 2.24) is 9.55 Å². The third-order valence-corrected chi connectivity index (χ3v) is 8.51. The zero-order valence-electron chi connectivity index (χ0n) is 16.7. The van der Waals surface area contributed by atoms with E-state index in [9.17, 15) is 26.4 Å². The Labute approximate surface area is 198 Å². The number of alkyl halides is 3. The van der Waals surface area contributed by atoms with Gasteiger partial charge in [0.1, 0.15) is 12.3 Å². The van der Waals surface area contributed by atoms with Crippen LogP contribution in [0.2, 0.25) is 0 Å². The molecular formula is C18H17BrF3N3O4S3. The van der Waals surface area contributed by atoms with E-state index in [4.69, 9.17) is 0 Å². The van der Waals surface area contributed by atoms with Gasteiger partial charge >= 0.3 is 11.9 Å². The second-order valence-electron chi connectivity index (χ2n) is 6.53. The highest BCUT2D eigenvalue weighted by atomic mass is 79.9. The van der Waals surface area contributed by atoms with Crippen LogP contribution in [0.15, 0.2) is 42.6 Å². The van der Waals surface area contributed by atoms with E-state index in [2.05, 4.69) is 30.4 Å². The average molecular weight is 572 g/mol. The Hall–Kier alpha value is -1.61. The number of hydrogen-bond donors (Lipinski definition) is 1. The molecule has 0 spiro atoms. The quantitative estimate of drug-likeness (QED) is 0.314. The van der Waals surface area contributed by atoms with Crippen molar-refractivity contribution in [2.45, 2.75) is 29.1 Å². The summed E-state index contributed by atoms with van der Waals surface area (Å²) in [5, 5.41) is 0. The molecule has 0 aromatic heterocycles. The molecule has 0 saturated heterocycles. The number of ether oxygens (including phenoxy) is 1. The lowest BCUT2D eigenvalue weighted by Gasteiger charge is -2.16. The fraction of sp³-hybridized carbons (Fsp3) is 0.333. The maximum absolute atomic E-state index is 12.8. The maximum Gasteiger partial charge on any atom is 0.411 e. The Balaban J connectivity index is 1.92. The van der Waals surface area contributed by atoms with Crippen molar-refractivity contribution in [3.63, 3.8) is 0 Å². The molecule has 0 atom stereocenters. The van der Waals surface area contributed by atoms with Gasteiger partial charge in [-0.2, -0.15) is 18.2 Å². The van der Waals surface area contributed by atoms with Crippen LogP contribution in [-0.2, 0) is 14.8 Å². The number of aromatic nitrogens is 2. The number of rotatable bonds is 8. The molecule has 0 radical (unpaired) electrons. The number of anilines is 1. The molecule has 0 bridgehead atoms. The van der Waals surface area contributed by atoms with Crippen molar-refractivity contribution in [3.8, 4) is 5.69 Å². The van der Waals surface area contributed by atoms with Gasteiger partial charge in [0, 0.05) is 20.8 Å². The summed E-state index contributed by atoms with van der Waals surface area (Å²) in [4.78, 5) is 17.2. The number of nitrogens with zero attached hydrogens (tertiary/aromatic N) is 2. The Morgan fingerprint density at radius 3 is 2.53 bits per heavy atom. The number of aryl methyl sites for hydroxylation is 1. The Morgan fingerprint density at radius 1 is 1.25 bits per heavy atom. The van der Waals surface area contributed by atoms with Gasteiger partial charge in [-0.1, -0.05) is 15.9 Å². The molecule has 2 heterocycles. The smallest absolute Gasteiger partial charge is 0.371 e. The topological polar surface area (TPSA) is 90.3 Å². The third kappa shape index (κ3) is 5.84. The van der Waals surface area contributed by atoms with Crippen LogP contribution in [0.3, 0.4) is 0 Å². The van der Waals surface area contributed by atoms with E-state index in [0.717, 1.165) is 16.6 Å². The molecule has 1 aromatic rings. The fourth-order valence-corrected chi connectivity index (χ4v) is 6.32. The van der Waals surface area contributed by atoms with Crippen molar-refractivity contribution < 1.29 is 26.3 Å². The molecule has 0 unspecified atom stereocenters. The minimum Gasteiger partial charge on any atom is -0.371 e. The third-order valence-electron chi connectivity index (χ3n) is 4.21. The standard InChI is InChI=1S/C18H17BrF3N3O4S3/c1-10-11(2)31-16(30-8-7-29-9-18(20,21)22)14-15(23-17(26)25(10)14)24-32(27,28)13-5-3-12(19)4-6-13/h3-6H,7-9H2,1-2H3,(H,23,24,26). The van der Waals surface area contributed by atoms with Gasteiger partial charge in [-0.05, 0) is 38.1 Å². The normalized spacial score (nSPS) is 12.4. The molecule has 7 nitrogen and oxygen atoms in total. The second kappa shape index (κ2) is 9.71. The first-order valence-corrected chi connectivity index (χ1v) is 13.1. The maximum atomic E-state index is 12.8. The number of imidazole rings is 1. The summed E-state index contributed by atoms with van der Waals surface area (Å²) in [6.45, 7) is 1.97. The number of hydrogen-bond acceptors (Lipinski definition) is 7. The van der Waals surface area contributed by atoms with Gasteiger partial charge in [0.2, 0.25) is 0 Å². The van der Waals surface area contributed by atoms with Crippen LogP contribution in [0.25, 0.3) is 5.69 Å². The highest BCUT2D eigenvalue weighted by Crippen LogP contribution is 2.38. The molecule has 0 amide bonds. The Kier molecular flexibility index (Phi) is 7.59. The lowest BCUT2D eigenvalue weighted by Crippen LogP contribution is -2.18. The zero-order chi connectivity index (χ0) is 23.7. The predicted octanol–water partition coefficient (Wildman–Crippen LogP) is 4.58. The average Bonchev–Trinajstić information content (AvgIpc) is 3.00. The van der Waals surface area contributed by atoms with Crippen LogP contribution < -0.4 is 10.4 Å². The van der Waals surface area contributed by atoms with Gasteiger partial charge in [0.15, 0.2) is 5.82 Å². The highest BCUT2D eigenvalue weighted by Gasteiger charge is 2.28. The Morgan fingerprint density at radius 2 is 1.91 bits per heavy atom. The summed E-state index contributed by atoms with van der Waals surface area (Å²) in [7, 11) is -4.03. The van der Waals surface area contributed by atoms with Crippen molar-refractivity contribution >= 4 is 54.9 Å². The van der Waals surface area contributed by atoms with E-state index < -0.39 is 28.5 Å². The summed E-state index contributed by atoms with van der Waals surface area (Å²) >= 11 is 5.69. The number of halogens is 4. The highest BCUT2D eigenvalue weighted by molar-refractivity contribution is 9.10. The summed E-state index contributed by atoms with van der Waals surface area (Å²) < 4.78 is 71.9. The number of thioether (sulfide) groups is 1. The lowest BCUT2D eigenvalue weighted by atomic mass is 10.4. The molecule has 32 heavy (non-hydrogen) atoms. The SMILES string of the molecule is Cc1sc(SCCOCC(F)(F)F)c2c(NS(=O)(=O)c3ccc(Br)cc3)nc(=O)n-2c1C. The van der Waals surface area contributed by atoms with Crippen LogP contribution >= 0.6 is 39.0 Å². The number of fused-ring (bicyclic) bond motifs is 1. The fourth-order valence-electron chi connectivity index (χ4n) is 2.67. The molecule has 2 aliphatic rings. The van der Waals surface area contributed by atoms with Crippen molar-refractivity contribution in [1.29, 1.82) is 0 Å². The lowest BCUT2D eigenvalue weighted by molar-refractivity contribution is -0.172. The summed E-state index contributed by atoms with van der Waals surface area (Å²) in [6.07, 6.45) is -4.41. The second-order valence-corrected chi connectivity index (χ2v) is 11.7. The van der Waals surface area contributed by atoms with E-state index in [1.165, 1.54) is 28.0 Å². The van der Waals surface area contributed by atoms with Crippen molar-refractivity contribution in [2.75, 3.05) is 23.7 Å². The molecule has 0 saturated carbocycles. The zero-order valence-corrected chi connectivity index (χ0v) is 20.7. The summed E-state index contributed by atoms with van der Waals surface area (Å²) in [6, 6.07) is 5.93. The van der Waals surface area contributed by atoms with E-state index >= 15 is 0 Å². The van der Waals surface area contributed by atoms with Gasteiger partial charge in [-0.3, -0.25) is 9.29 Å². The van der Waals surface area contributed by atoms with Gasteiger partial charge in [0.05, 0.1) is 15.7 Å². The van der Waals surface area contributed by atoms with Gasteiger partial charge in [-0.15, -0.1) is 23.1 Å². The molecule has 1 aromatic carbocycles. The van der Waals surface area contributed by atoms with Gasteiger partial charge in [0.25, 0.3) is 10.0 Å². The minimum absolute atomic E-state index is 0.0171. The van der Waals surface area contributed by atoms with E-state index in [0.29, 0.717) is 14.4 Å². The summed E-state index contributed by atoms with van der Waals surface area (Å²) in [5.74, 6) is 0.0270. The van der Waals surface area contributed by atoms with Gasteiger partial charge in [-0.25, -0.2) is 13.2 Å². The molecule has 0 aliphatic carbocycles. The Bertz CT molecular complexity index is 1240. The van der Waals surface area contributed by atoms with Crippen molar-refractivity contribution in [3.05, 3.63) is 49.8 Å². The largest absolute Gasteiger partial charge is 0.411 e. The molecule has 1 N–H and O–H groups in total. The molecule has 14 heteroatoms. The van der Waals surface area contributed by atoms with Crippen LogP contribution in [0.4, 0.5) is 19.0 Å². The molecule has 3 rings (SSSR count). The first-order valence-electron chi connectivity index (χ1n) is 8.97. The number of sulfonamides is 1. The molecule has 0 fully saturated rings. The predicted molar refractivity (Wildman–Crippen MR) is 121 cm³/mol. The van der Waals surface area contributed by atoms with Crippen LogP contribution in [0, 0.1) is 13.8 Å². The van der Waals surface area contributed by atoms with E-state index in [1.54, 1.807) is 26.0 Å².